The fourth-order valence-corrected chi connectivity index (χ4v) is 2.69. The Balaban J connectivity index is 1.73. The lowest BCUT2D eigenvalue weighted by Crippen LogP contribution is -2.38. The molecule has 0 saturated carbocycles. The van der Waals surface area contributed by atoms with Crippen LogP contribution < -0.4 is 5.32 Å². The van der Waals surface area contributed by atoms with Crippen LogP contribution >= 0.6 is 0 Å². The SMILES string of the molecule is Cc1cc(C(=O)NCC(C)(O)c2cc3ccccc3o2)ccc1[N+](=O)[O-]. The van der Waals surface area contributed by atoms with Gasteiger partial charge in [0.15, 0.2) is 0 Å². The second-order valence-corrected chi connectivity index (χ2v) is 6.36. The summed E-state index contributed by atoms with van der Waals surface area (Å²) in [6, 6.07) is 13.2. The molecule has 134 valence electrons. The number of nitro groups is 1. The van der Waals surface area contributed by atoms with Crippen LogP contribution in [0, 0.1) is 17.0 Å². The van der Waals surface area contributed by atoms with Gasteiger partial charge in [-0.15, -0.1) is 0 Å². The van der Waals surface area contributed by atoms with E-state index in [9.17, 15) is 20.0 Å². The van der Waals surface area contributed by atoms with Crippen molar-refractivity contribution in [2.75, 3.05) is 6.54 Å². The minimum Gasteiger partial charge on any atom is -0.458 e. The zero-order valence-corrected chi connectivity index (χ0v) is 14.4. The average molecular weight is 354 g/mol. The highest BCUT2D eigenvalue weighted by Gasteiger charge is 2.28. The number of carbonyl (C=O) groups excluding carboxylic acids is 1. The third kappa shape index (κ3) is 3.43. The molecule has 1 atom stereocenters. The third-order valence-electron chi connectivity index (χ3n) is 4.21. The van der Waals surface area contributed by atoms with Gasteiger partial charge in [0.25, 0.3) is 11.6 Å². The molecule has 0 radical (unpaired) electrons. The lowest BCUT2D eigenvalue weighted by molar-refractivity contribution is -0.385. The van der Waals surface area contributed by atoms with Crippen LogP contribution in [-0.2, 0) is 5.60 Å². The highest BCUT2D eigenvalue weighted by Crippen LogP contribution is 2.27. The first kappa shape index (κ1) is 17.6. The van der Waals surface area contributed by atoms with Crippen LogP contribution in [0.2, 0.25) is 0 Å². The molecular weight excluding hydrogens is 336 g/mol. The Hall–Kier alpha value is -3.19. The molecule has 1 aromatic heterocycles. The van der Waals surface area contributed by atoms with Crippen molar-refractivity contribution >= 4 is 22.6 Å². The smallest absolute Gasteiger partial charge is 0.272 e. The number of aliphatic hydroxyl groups is 1. The van der Waals surface area contributed by atoms with E-state index in [0.29, 0.717) is 16.9 Å². The predicted molar refractivity (Wildman–Crippen MR) is 96.0 cm³/mol. The molecule has 7 heteroatoms. The van der Waals surface area contributed by atoms with Crippen molar-refractivity contribution in [2.45, 2.75) is 19.4 Å². The molecule has 3 rings (SSSR count). The molecule has 0 bridgehead atoms. The van der Waals surface area contributed by atoms with E-state index >= 15 is 0 Å². The zero-order chi connectivity index (χ0) is 18.9. The minimum absolute atomic E-state index is 0.0455. The molecule has 3 aromatic rings. The Morgan fingerprint density at radius 3 is 2.65 bits per heavy atom. The van der Waals surface area contributed by atoms with Crippen molar-refractivity contribution in [3.8, 4) is 0 Å². The molecule has 2 aromatic carbocycles. The number of fused-ring (bicyclic) bond motifs is 1. The summed E-state index contributed by atoms with van der Waals surface area (Å²) in [7, 11) is 0. The number of carbonyl (C=O) groups is 1. The Morgan fingerprint density at radius 2 is 2.00 bits per heavy atom. The summed E-state index contributed by atoms with van der Waals surface area (Å²) in [5, 5.41) is 25.0. The van der Waals surface area contributed by atoms with Crippen LogP contribution in [0.15, 0.2) is 52.9 Å². The summed E-state index contributed by atoms with van der Waals surface area (Å²) in [5.74, 6) is -0.0849. The standard InChI is InChI=1S/C19H18N2O5/c1-12-9-14(7-8-15(12)21(24)25)18(22)20-11-19(2,23)17-10-13-5-3-4-6-16(13)26-17/h3-10,23H,11H2,1-2H3,(H,20,22). The second kappa shape index (κ2) is 6.61. The van der Waals surface area contributed by atoms with Gasteiger partial charge in [0.05, 0.1) is 11.5 Å². The fraction of sp³-hybridized carbons (Fsp3) is 0.211. The van der Waals surface area contributed by atoms with Gasteiger partial charge in [-0.3, -0.25) is 14.9 Å². The van der Waals surface area contributed by atoms with Crippen LogP contribution in [0.25, 0.3) is 11.0 Å². The van der Waals surface area contributed by atoms with Gasteiger partial charge in [0, 0.05) is 22.6 Å². The minimum atomic E-state index is -1.40. The van der Waals surface area contributed by atoms with Gasteiger partial charge in [-0.1, -0.05) is 18.2 Å². The fourth-order valence-electron chi connectivity index (χ4n) is 2.69. The number of nitrogens with one attached hydrogen (secondary N) is 1. The van der Waals surface area contributed by atoms with Crippen LogP contribution in [0.1, 0.15) is 28.6 Å². The molecule has 0 aliphatic heterocycles. The summed E-state index contributed by atoms with van der Waals surface area (Å²) in [6.07, 6.45) is 0. The van der Waals surface area contributed by atoms with Gasteiger partial charge in [0.1, 0.15) is 16.9 Å². The molecule has 0 spiro atoms. The van der Waals surface area contributed by atoms with Gasteiger partial charge in [-0.2, -0.15) is 0 Å². The molecule has 0 fully saturated rings. The van der Waals surface area contributed by atoms with Crippen molar-refractivity contribution in [3.63, 3.8) is 0 Å². The number of nitro benzene ring substituents is 1. The largest absolute Gasteiger partial charge is 0.458 e. The van der Waals surface area contributed by atoms with Gasteiger partial charge >= 0.3 is 0 Å². The lowest BCUT2D eigenvalue weighted by Gasteiger charge is -2.21. The third-order valence-corrected chi connectivity index (χ3v) is 4.21. The van der Waals surface area contributed by atoms with E-state index in [1.165, 1.54) is 18.2 Å². The summed E-state index contributed by atoms with van der Waals surface area (Å²) in [6.45, 7) is 3.05. The van der Waals surface area contributed by atoms with E-state index in [1.54, 1.807) is 26.0 Å². The van der Waals surface area contributed by atoms with Crippen molar-refractivity contribution in [1.29, 1.82) is 0 Å². The van der Waals surface area contributed by atoms with Gasteiger partial charge < -0.3 is 14.8 Å². The Bertz CT molecular complexity index is 958. The number of benzene rings is 2. The number of aryl methyl sites for hydroxylation is 1. The molecule has 7 nitrogen and oxygen atoms in total. The quantitative estimate of drug-likeness (QED) is 0.540. The van der Waals surface area contributed by atoms with Crippen molar-refractivity contribution in [3.05, 3.63) is 75.5 Å². The number of hydrogen-bond acceptors (Lipinski definition) is 5. The predicted octanol–water partition coefficient (Wildman–Crippen LogP) is 3.29. The van der Waals surface area contributed by atoms with Crippen molar-refractivity contribution < 1.29 is 19.2 Å². The molecule has 0 aliphatic carbocycles. The van der Waals surface area contributed by atoms with E-state index in [2.05, 4.69) is 5.32 Å². The average Bonchev–Trinajstić information content (AvgIpc) is 3.04. The summed E-state index contributed by atoms with van der Waals surface area (Å²) >= 11 is 0. The molecule has 1 unspecified atom stereocenters. The maximum absolute atomic E-state index is 12.3. The monoisotopic (exact) mass is 354 g/mol. The second-order valence-electron chi connectivity index (χ2n) is 6.36. The van der Waals surface area contributed by atoms with E-state index in [4.69, 9.17) is 4.42 Å². The topological polar surface area (TPSA) is 106 Å². The van der Waals surface area contributed by atoms with Crippen molar-refractivity contribution in [1.82, 2.24) is 5.32 Å². The lowest BCUT2D eigenvalue weighted by atomic mass is 10.0. The summed E-state index contributed by atoms with van der Waals surface area (Å²) < 4.78 is 5.66. The number of amides is 1. The number of hydrogen-bond donors (Lipinski definition) is 2. The molecule has 0 aliphatic rings. The van der Waals surface area contributed by atoms with Gasteiger partial charge in [-0.25, -0.2) is 0 Å². The molecule has 1 heterocycles. The van der Waals surface area contributed by atoms with E-state index in [1.807, 2.05) is 18.2 Å². The Morgan fingerprint density at radius 1 is 1.27 bits per heavy atom. The first-order valence-electron chi connectivity index (χ1n) is 8.02. The van der Waals surface area contributed by atoms with E-state index < -0.39 is 16.4 Å². The Kier molecular flexibility index (Phi) is 4.48. The maximum atomic E-state index is 12.3. The molecule has 1 amide bonds. The van der Waals surface area contributed by atoms with Crippen LogP contribution in [0.5, 0.6) is 0 Å². The van der Waals surface area contributed by atoms with Gasteiger partial charge in [0.2, 0.25) is 0 Å². The molecule has 26 heavy (non-hydrogen) atoms. The van der Waals surface area contributed by atoms with Crippen LogP contribution in [-0.4, -0.2) is 22.5 Å². The van der Waals surface area contributed by atoms with E-state index in [0.717, 1.165) is 5.39 Å². The van der Waals surface area contributed by atoms with E-state index in [-0.39, 0.29) is 17.8 Å². The number of nitrogens with zero attached hydrogens (tertiary/aromatic N) is 1. The normalized spacial score (nSPS) is 13.3. The highest BCUT2D eigenvalue weighted by molar-refractivity contribution is 5.94. The first-order chi connectivity index (χ1) is 12.3. The van der Waals surface area contributed by atoms with Gasteiger partial charge in [-0.05, 0) is 38.1 Å². The summed E-state index contributed by atoms with van der Waals surface area (Å²) in [5.41, 5.74) is -0.110. The van der Waals surface area contributed by atoms with Crippen molar-refractivity contribution in [2.24, 2.45) is 0 Å². The van der Waals surface area contributed by atoms with Crippen LogP contribution in [0.3, 0.4) is 0 Å². The Labute approximate surface area is 149 Å². The molecule has 2 N–H and O–H groups in total. The first-order valence-corrected chi connectivity index (χ1v) is 8.02. The number of furan rings is 1. The number of rotatable bonds is 5. The van der Waals surface area contributed by atoms with Crippen LogP contribution in [0.4, 0.5) is 5.69 Å². The number of para-hydroxylation sites is 1. The molecule has 0 saturated heterocycles. The summed E-state index contributed by atoms with van der Waals surface area (Å²) in [4.78, 5) is 22.7. The molecular formula is C19H18N2O5. The highest BCUT2D eigenvalue weighted by atomic mass is 16.6. The maximum Gasteiger partial charge on any atom is 0.272 e. The zero-order valence-electron chi connectivity index (χ0n) is 14.4.